The SMILES string of the molecule is O=C(NCc1nnc2ccccn12)c1cn[nH]c1-n1cnnn1. The highest BCUT2D eigenvalue weighted by molar-refractivity contribution is 5.96. The number of fused-ring (bicyclic) bond motifs is 1. The van der Waals surface area contributed by atoms with Crippen molar-refractivity contribution in [2.75, 3.05) is 0 Å². The molecule has 4 aromatic heterocycles. The summed E-state index contributed by atoms with van der Waals surface area (Å²) in [4.78, 5) is 12.3. The maximum atomic E-state index is 12.3. The number of nitrogens with one attached hydrogen (secondary N) is 2. The zero-order valence-corrected chi connectivity index (χ0v) is 11.7. The van der Waals surface area contributed by atoms with Crippen molar-refractivity contribution in [1.82, 2.24) is 50.3 Å². The summed E-state index contributed by atoms with van der Waals surface area (Å²) in [5, 5.41) is 28.2. The average molecular weight is 310 g/mol. The molecule has 0 bridgehead atoms. The van der Waals surface area contributed by atoms with Crippen LogP contribution in [0.15, 0.2) is 36.9 Å². The van der Waals surface area contributed by atoms with Crippen LogP contribution in [0.3, 0.4) is 0 Å². The molecule has 0 fully saturated rings. The minimum absolute atomic E-state index is 0.226. The first-order valence-corrected chi connectivity index (χ1v) is 6.66. The molecule has 4 aromatic rings. The van der Waals surface area contributed by atoms with Crippen LogP contribution in [-0.2, 0) is 6.54 Å². The summed E-state index contributed by atoms with van der Waals surface area (Å²) < 4.78 is 3.13. The fourth-order valence-corrected chi connectivity index (χ4v) is 2.15. The molecule has 0 radical (unpaired) electrons. The van der Waals surface area contributed by atoms with Gasteiger partial charge in [0, 0.05) is 6.20 Å². The van der Waals surface area contributed by atoms with Gasteiger partial charge >= 0.3 is 0 Å². The third kappa shape index (κ3) is 2.29. The fourth-order valence-electron chi connectivity index (χ4n) is 2.15. The summed E-state index contributed by atoms with van der Waals surface area (Å²) in [6.45, 7) is 0.226. The van der Waals surface area contributed by atoms with E-state index in [1.54, 1.807) is 4.40 Å². The maximum Gasteiger partial charge on any atom is 0.257 e. The molecular weight excluding hydrogens is 300 g/mol. The van der Waals surface area contributed by atoms with E-state index >= 15 is 0 Å². The van der Waals surface area contributed by atoms with Gasteiger partial charge in [-0.2, -0.15) is 9.78 Å². The van der Waals surface area contributed by atoms with Gasteiger partial charge in [-0.15, -0.1) is 15.3 Å². The van der Waals surface area contributed by atoms with E-state index in [9.17, 15) is 4.79 Å². The number of carbonyl (C=O) groups excluding carboxylic acids is 1. The Labute approximate surface area is 128 Å². The highest BCUT2D eigenvalue weighted by Gasteiger charge is 2.16. The summed E-state index contributed by atoms with van der Waals surface area (Å²) in [6, 6.07) is 5.58. The van der Waals surface area contributed by atoms with Gasteiger partial charge in [-0.1, -0.05) is 6.07 Å². The van der Waals surface area contributed by atoms with Gasteiger partial charge in [0.15, 0.2) is 17.3 Å². The number of nitrogens with zero attached hydrogens (tertiary/aromatic N) is 8. The third-order valence-electron chi connectivity index (χ3n) is 3.23. The number of H-pyrrole nitrogens is 1. The molecule has 0 aliphatic rings. The summed E-state index contributed by atoms with van der Waals surface area (Å²) in [7, 11) is 0. The Morgan fingerprint density at radius 2 is 2.26 bits per heavy atom. The zero-order chi connectivity index (χ0) is 15.6. The van der Waals surface area contributed by atoms with Gasteiger partial charge < -0.3 is 5.32 Å². The predicted molar refractivity (Wildman–Crippen MR) is 75.5 cm³/mol. The molecule has 11 nitrogen and oxygen atoms in total. The molecule has 0 unspecified atom stereocenters. The Morgan fingerprint density at radius 3 is 3.13 bits per heavy atom. The second-order valence-corrected chi connectivity index (χ2v) is 4.61. The normalized spacial score (nSPS) is 11.0. The largest absolute Gasteiger partial charge is 0.345 e. The quantitative estimate of drug-likeness (QED) is 0.512. The number of tetrazole rings is 1. The molecule has 1 amide bonds. The van der Waals surface area contributed by atoms with E-state index in [2.05, 4.69) is 41.2 Å². The van der Waals surface area contributed by atoms with Crippen LogP contribution >= 0.6 is 0 Å². The van der Waals surface area contributed by atoms with Crippen LogP contribution in [0.1, 0.15) is 16.2 Å². The third-order valence-corrected chi connectivity index (χ3v) is 3.23. The van der Waals surface area contributed by atoms with Gasteiger partial charge in [-0.3, -0.25) is 14.3 Å². The molecule has 0 saturated carbocycles. The lowest BCUT2D eigenvalue weighted by Gasteiger charge is -2.04. The summed E-state index contributed by atoms with van der Waals surface area (Å²) in [6.07, 6.45) is 4.62. The minimum Gasteiger partial charge on any atom is -0.345 e. The van der Waals surface area contributed by atoms with Crippen molar-refractivity contribution < 1.29 is 4.79 Å². The molecule has 0 saturated heterocycles. The average Bonchev–Trinajstić information content (AvgIpc) is 3.31. The van der Waals surface area contributed by atoms with E-state index in [1.165, 1.54) is 17.2 Å². The lowest BCUT2D eigenvalue weighted by Crippen LogP contribution is -2.25. The molecule has 0 aliphatic heterocycles. The van der Waals surface area contributed by atoms with Crippen LogP contribution in [-0.4, -0.2) is 50.9 Å². The molecule has 0 atom stereocenters. The van der Waals surface area contributed by atoms with Crippen molar-refractivity contribution in [2.24, 2.45) is 0 Å². The van der Waals surface area contributed by atoms with Crippen molar-refractivity contribution in [3.8, 4) is 5.82 Å². The smallest absolute Gasteiger partial charge is 0.257 e. The Balaban J connectivity index is 1.54. The minimum atomic E-state index is -0.322. The maximum absolute atomic E-state index is 12.3. The Kier molecular flexibility index (Phi) is 3.00. The first-order valence-electron chi connectivity index (χ1n) is 6.66. The van der Waals surface area contributed by atoms with Crippen LogP contribution in [0.4, 0.5) is 0 Å². The number of aromatic amines is 1. The number of pyridine rings is 1. The van der Waals surface area contributed by atoms with Gasteiger partial charge in [-0.05, 0) is 22.6 Å². The van der Waals surface area contributed by atoms with E-state index in [1.807, 2.05) is 24.4 Å². The standard InChI is InChI=1S/C12H10N10O/c23-12(8-5-14-18-11(8)22-7-15-19-20-22)13-6-10-17-16-9-3-1-2-4-21(9)10/h1-5,7H,6H2,(H,13,23)(H,14,18). The Morgan fingerprint density at radius 1 is 1.30 bits per heavy atom. The van der Waals surface area contributed by atoms with Crippen molar-refractivity contribution in [3.63, 3.8) is 0 Å². The second kappa shape index (κ2) is 5.29. The summed E-state index contributed by atoms with van der Waals surface area (Å²) in [5.74, 6) is 0.692. The zero-order valence-electron chi connectivity index (χ0n) is 11.7. The first kappa shape index (κ1) is 13.1. The van der Waals surface area contributed by atoms with Crippen LogP contribution < -0.4 is 5.32 Å². The van der Waals surface area contributed by atoms with E-state index < -0.39 is 0 Å². The van der Waals surface area contributed by atoms with E-state index in [-0.39, 0.29) is 12.5 Å². The molecular formula is C12H10N10O. The number of rotatable bonds is 4. The highest BCUT2D eigenvalue weighted by Crippen LogP contribution is 2.09. The molecule has 4 rings (SSSR count). The van der Waals surface area contributed by atoms with E-state index in [0.717, 1.165) is 5.65 Å². The van der Waals surface area contributed by atoms with Gasteiger partial charge in [0.2, 0.25) is 0 Å². The predicted octanol–water partition coefficient (Wildman–Crippen LogP) is -0.642. The van der Waals surface area contributed by atoms with Gasteiger partial charge in [0.1, 0.15) is 11.9 Å². The molecule has 11 heteroatoms. The van der Waals surface area contributed by atoms with Crippen molar-refractivity contribution in [2.45, 2.75) is 6.54 Å². The number of hydrogen-bond donors (Lipinski definition) is 2. The summed E-state index contributed by atoms with van der Waals surface area (Å²) in [5.41, 5.74) is 1.04. The number of hydrogen-bond acceptors (Lipinski definition) is 7. The Bertz CT molecular complexity index is 953. The monoisotopic (exact) mass is 310 g/mol. The molecule has 0 aromatic carbocycles. The van der Waals surface area contributed by atoms with Gasteiger partial charge in [-0.25, -0.2) is 0 Å². The molecule has 4 heterocycles. The molecule has 114 valence electrons. The van der Waals surface area contributed by atoms with E-state index in [0.29, 0.717) is 17.2 Å². The van der Waals surface area contributed by atoms with Crippen LogP contribution in [0.5, 0.6) is 0 Å². The molecule has 0 spiro atoms. The van der Waals surface area contributed by atoms with Gasteiger partial charge in [0.05, 0.1) is 12.7 Å². The Hall–Kier alpha value is -3.63. The second-order valence-electron chi connectivity index (χ2n) is 4.61. The van der Waals surface area contributed by atoms with Crippen molar-refractivity contribution in [3.05, 3.63) is 48.3 Å². The molecule has 2 N–H and O–H groups in total. The lowest BCUT2D eigenvalue weighted by atomic mass is 10.3. The highest BCUT2D eigenvalue weighted by atomic mass is 16.1. The van der Waals surface area contributed by atoms with E-state index in [4.69, 9.17) is 0 Å². The van der Waals surface area contributed by atoms with Crippen LogP contribution in [0.2, 0.25) is 0 Å². The lowest BCUT2D eigenvalue weighted by molar-refractivity contribution is 0.0949. The fraction of sp³-hybridized carbons (Fsp3) is 0.0833. The molecule has 0 aliphatic carbocycles. The van der Waals surface area contributed by atoms with Crippen LogP contribution in [0.25, 0.3) is 11.5 Å². The number of aromatic nitrogens is 9. The van der Waals surface area contributed by atoms with Gasteiger partial charge in [0.25, 0.3) is 5.91 Å². The van der Waals surface area contributed by atoms with Crippen molar-refractivity contribution in [1.29, 1.82) is 0 Å². The van der Waals surface area contributed by atoms with Crippen LogP contribution in [0, 0.1) is 0 Å². The molecule has 23 heavy (non-hydrogen) atoms. The summed E-state index contributed by atoms with van der Waals surface area (Å²) >= 11 is 0. The first-order chi connectivity index (χ1) is 11.3. The topological polar surface area (TPSA) is 132 Å². The number of carbonyl (C=O) groups is 1. The van der Waals surface area contributed by atoms with Crippen molar-refractivity contribution >= 4 is 11.6 Å². The number of amides is 1.